The Bertz CT molecular complexity index is 831. The zero-order valence-electron chi connectivity index (χ0n) is 23.9. The zero-order chi connectivity index (χ0) is 30.1. The van der Waals surface area contributed by atoms with Gasteiger partial charge in [-0.05, 0) is 40.0 Å². The molecule has 0 aliphatic heterocycles. The number of carbonyl (C=O) groups excluding carboxylic acids is 6. The van der Waals surface area contributed by atoms with Crippen LogP contribution in [0.1, 0.15) is 54.4 Å². The largest absolute Gasteiger partial charge is 0.373 e. The highest BCUT2D eigenvalue weighted by molar-refractivity contribution is 5.89. The lowest BCUT2D eigenvalue weighted by Crippen LogP contribution is -2.50. The summed E-state index contributed by atoms with van der Waals surface area (Å²) in [6.45, 7) is 10.8. The van der Waals surface area contributed by atoms with Crippen molar-refractivity contribution in [2.45, 2.75) is 71.6 Å². The summed E-state index contributed by atoms with van der Waals surface area (Å²) in [6.07, 6.45) is 1.10. The van der Waals surface area contributed by atoms with Gasteiger partial charge in [0.05, 0.1) is 57.0 Å². The average Bonchev–Trinajstić information content (AvgIpc) is 2.86. The van der Waals surface area contributed by atoms with Crippen molar-refractivity contribution in [3.63, 3.8) is 0 Å². The van der Waals surface area contributed by atoms with Crippen molar-refractivity contribution in [2.24, 2.45) is 11.7 Å². The van der Waals surface area contributed by atoms with Gasteiger partial charge in [-0.25, -0.2) is 0 Å². The smallest absolute Gasteiger partial charge is 0.243 e. The Morgan fingerprint density at radius 2 is 1.41 bits per heavy atom. The minimum Gasteiger partial charge on any atom is -0.373 e. The molecule has 0 radical (unpaired) electrons. The van der Waals surface area contributed by atoms with Crippen molar-refractivity contribution < 1.29 is 38.2 Å². The lowest BCUT2D eigenvalue weighted by atomic mass is 10.0. The Labute approximate surface area is 230 Å². The summed E-state index contributed by atoms with van der Waals surface area (Å²) >= 11 is 0. The topological polar surface area (TPSA) is 207 Å². The molecule has 1 unspecified atom stereocenters. The van der Waals surface area contributed by atoms with Crippen LogP contribution in [0.5, 0.6) is 0 Å². The van der Waals surface area contributed by atoms with Crippen LogP contribution in [0.4, 0.5) is 0 Å². The molecule has 0 heterocycles. The van der Waals surface area contributed by atoms with Gasteiger partial charge >= 0.3 is 0 Å². The number of carbonyl (C=O) groups is 6. The molecule has 0 aliphatic carbocycles. The summed E-state index contributed by atoms with van der Waals surface area (Å²) in [5.74, 6) is -2.28. The summed E-state index contributed by atoms with van der Waals surface area (Å²) in [4.78, 5) is 69.5. The molecule has 0 fully saturated rings. The third-order valence-corrected chi connectivity index (χ3v) is 5.38. The molecule has 39 heavy (non-hydrogen) atoms. The standard InChI is InChI=1S/C25H46N6O8/c1-17(2)22(23(37)28-10-11-32)31-18(33)7-12-38-25(5,6)16-39-24(3,4)8-9-27-20(35)14-30-21(36)15-29-19(34)13-26/h11,17,22H,7-10,12-16,26H2,1-6H3,(H,27,35)(H,28,37)(H,29,34)(H,30,36)(H,31,33). The number of rotatable bonds is 20. The second-order valence-electron chi connectivity index (χ2n) is 10.5. The van der Waals surface area contributed by atoms with Gasteiger partial charge in [-0.3, -0.25) is 24.0 Å². The summed E-state index contributed by atoms with van der Waals surface area (Å²) in [6, 6.07) is -0.754. The van der Waals surface area contributed by atoms with Gasteiger partial charge in [0, 0.05) is 6.54 Å². The molecule has 14 heteroatoms. The van der Waals surface area contributed by atoms with E-state index in [1.807, 2.05) is 27.7 Å². The third kappa shape index (κ3) is 17.9. The first-order chi connectivity index (χ1) is 18.1. The Hall–Kier alpha value is -3.10. The van der Waals surface area contributed by atoms with E-state index in [0.717, 1.165) is 0 Å². The molecule has 14 nitrogen and oxygen atoms in total. The van der Waals surface area contributed by atoms with Gasteiger partial charge in [0.2, 0.25) is 29.5 Å². The van der Waals surface area contributed by atoms with Crippen molar-refractivity contribution in [2.75, 3.05) is 45.9 Å². The molecule has 224 valence electrons. The van der Waals surface area contributed by atoms with Crippen LogP contribution in [0.15, 0.2) is 0 Å². The molecule has 0 aromatic carbocycles. The molecular weight excluding hydrogens is 512 g/mol. The molecule has 0 saturated carbocycles. The highest BCUT2D eigenvalue weighted by Gasteiger charge is 2.27. The quantitative estimate of drug-likeness (QED) is 0.0923. The normalized spacial score (nSPS) is 12.3. The van der Waals surface area contributed by atoms with Crippen molar-refractivity contribution >= 4 is 35.8 Å². The molecule has 0 spiro atoms. The number of hydrogen-bond acceptors (Lipinski definition) is 9. The SMILES string of the molecule is CC(C)C(NC(=O)CCOC(C)(C)COC(C)(C)CCNC(=O)CNC(=O)CNC(=O)CN)C(=O)NCC=O. The molecule has 0 aromatic heterocycles. The van der Waals surface area contributed by atoms with E-state index in [-0.39, 0.29) is 63.5 Å². The lowest BCUT2D eigenvalue weighted by Gasteiger charge is -2.32. The van der Waals surface area contributed by atoms with E-state index >= 15 is 0 Å². The van der Waals surface area contributed by atoms with Crippen LogP contribution in [0.25, 0.3) is 0 Å². The molecular formula is C25H46N6O8. The first kappa shape index (κ1) is 35.9. The molecule has 0 rings (SSSR count). The van der Waals surface area contributed by atoms with E-state index in [1.54, 1.807) is 13.8 Å². The van der Waals surface area contributed by atoms with Crippen LogP contribution in [0.2, 0.25) is 0 Å². The van der Waals surface area contributed by atoms with Crippen LogP contribution >= 0.6 is 0 Å². The van der Waals surface area contributed by atoms with Gasteiger partial charge in [0.25, 0.3) is 0 Å². The third-order valence-electron chi connectivity index (χ3n) is 5.38. The van der Waals surface area contributed by atoms with Crippen molar-refractivity contribution in [3.8, 4) is 0 Å². The fourth-order valence-electron chi connectivity index (χ4n) is 2.99. The van der Waals surface area contributed by atoms with Gasteiger partial charge in [-0.15, -0.1) is 0 Å². The van der Waals surface area contributed by atoms with Crippen LogP contribution in [0, 0.1) is 5.92 Å². The summed E-state index contributed by atoms with van der Waals surface area (Å²) < 4.78 is 11.8. The Morgan fingerprint density at radius 3 is 1.97 bits per heavy atom. The monoisotopic (exact) mass is 558 g/mol. The highest BCUT2D eigenvalue weighted by atomic mass is 16.6. The molecule has 1 atom stereocenters. The van der Waals surface area contributed by atoms with E-state index in [9.17, 15) is 28.8 Å². The zero-order valence-corrected chi connectivity index (χ0v) is 23.9. The predicted octanol–water partition coefficient (Wildman–Crippen LogP) is -1.88. The molecule has 0 bridgehead atoms. The Balaban J connectivity index is 4.34. The number of amides is 5. The second-order valence-corrected chi connectivity index (χ2v) is 10.5. The maximum absolute atomic E-state index is 12.3. The van der Waals surface area contributed by atoms with Gasteiger partial charge in [0.1, 0.15) is 12.3 Å². The van der Waals surface area contributed by atoms with E-state index in [2.05, 4.69) is 26.6 Å². The molecule has 7 N–H and O–H groups in total. The van der Waals surface area contributed by atoms with Crippen molar-refractivity contribution in [1.82, 2.24) is 26.6 Å². The van der Waals surface area contributed by atoms with Gasteiger partial charge in [0.15, 0.2) is 0 Å². The minimum atomic E-state index is -0.754. The van der Waals surface area contributed by atoms with Gasteiger partial charge in [-0.2, -0.15) is 0 Å². The minimum absolute atomic E-state index is 0.0406. The van der Waals surface area contributed by atoms with E-state index in [1.165, 1.54) is 0 Å². The fraction of sp³-hybridized carbons (Fsp3) is 0.760. The fourth-order valence-corrected chi connectivity index (χ4v) is 2.99. The first-order valence-electron chi connectivity index (χ1n) is 12.9. The number of aldehydes is 1. The number of hydrogen-bond donors (Lipinski definition) is 6. The van der Waals surface area contributed by atoms with Gasteiger partial charge < -0.3 is 46.6 Å². The van der Waals surface area contributed by atoms with E-state index < -0.39 is 35.0 Å². The number of nitrogens with one attached hydrogen (secondary N) is 5. The van der Waals surface area contributed by atoms with Crippen LogP contribution in [0.3, 0.4) is 0 Å². The van der Waals surface area contributed by atoms with Crippen LogP contribution in [-0.4, -0.2) is 99.0 Å². The molecule has 5 amide bonds. The molecule has 0 saturated heterocycles. The van der Waals surface area contributed by atoms with Crippen molar-refractivity contribution in [3.05, 3.63) is 0 Å². The van der Waals surface area contributed by atoms with Crippen LogP contribution in [-0.2, 0) is 38.2 Å². The number of nitrogens with two attached hydrogens (primary N) is 1. The summed E-state index contributed by atoms with van der Waals surface area (Å²) in [7, 11) is 0. The Kier molecular flexibility index (Phi) is 16.8. The maximum atomic E-state index is 12.3. The summed E-state index contributed by atoms with van der Waals surface area (Å²) in [5, 5.41) is 12.5. The lowest BCUT2D eigenvalue weighted by molar-refractivity contribution is -0.136. The average molecular weight is 559 g/mol. The molecule has 0 aliphatic rings. The second kappa shape index (κ2) is 18.2. The van der Waals surface area contributed by atoms with Gasteiger partial charge in [-0.1, -0.05) is 13.8 Å². The maximum Gasteiger partial charge on any atom is 0.243 e. The molecule has 0 aromatic rings. The first-order valence-corrected chi connectivity index (χ1v) is 12.9. The van der Waals surface area contributed by atoms with E-state index in [4.69, 9.17) is 15.2 Å². The highest BCUT2D eigenvalue weighted by Crippen LogP contribution is 2.19. The number of ether oxygens (including phenoxy) is 2. The Morgan fingerprint density at radius 1 is 0.821 bits per heavy atom. The van der Waals surface area contributed by atoms with Crippen molar-refractivity contribution in [1.29, 1.82) is 0 Å². The van der Waals surface area contributed by atoms with Crippen LogP contribution < -0.4 is 32.3 Å². The predicted molar refractivity (Wildman–Crippen MR) is 143 cm³/mol. The summed E-state index contributed by atoms with van der Waals surface area (Å²) in [5.41, 5.74) is 3.83. The van der Waals surface area contributed by atoms with E-state index in [0.29, 0.717) is 19.3 Å².